The first-order valence-corrected chi connectivity index (χ1v) is 7.78. The lowest BCUT2D eigenvalue weighted by atomic mass is 10.2. The number of carbonyl (C=O) groups is 1. The summed E-state index contributed by atoms with van der Waals surface area (Å²) in [5, 5.41) is 12.3. The van der Waals surface area contributed by atoms with Crippen molar-refractivity contribution < 1.29 is 9.53 Å². The third-order valence-electron chi connectivity index (χ3n) is 3.31. The average Bonchev–Trinajstić information content (AvgIpc) is 3.16. The molecule has 1 amide bonds. The Kier molecular flexibility index (Phi) is 6.93. The lowest BCUT2D eigenvalue weighted by Crippen LogP contribution is -2.09. The molecule has 136 valence electrons. The summed E-state index contributed by atoms with van der Waals surface area (Å²) in [7, 11) is 3.42. The van der Waals surface area contributed by atoms with Crippen LogP contribution in [-0.2, 0) is 11.3 Å². The first-order valence-electron chi connectivity index (χ1n) is 7.78. The van der Waals surface area contributed by atoms with Gasteiger partial charge in [0.2, 0.25) is 12.4 Å². The van der Waals surface area contributed by atoms with Gasteiger partial charge < -0.3 is 21.1 Å². The van der Waals surface area contributed by atoms with Crippen LogP contribution in [-0.4, -0.2) is 40.7 Å². The van der Waals surface area contributed by atoms with Gasteiger partial charge in [0.05, 0.1) is 18.5 Å². The zero-order valence-corrected chi connectivity index (χ0v) is 14.6. The topological polar surface area (TPSA) is 131 Å². The van der Waals surface area contributed by atoms with Gasteiger partial charge in [-0.15, -0.1) is 0 Å². The molecule has 0 saturated carbocycles. The van der Waals surface area contributed by atoms with Crippen molar-refractivity contribution in [3.63, 3.8) is 0 Å². The minimum atomic E-state index is 0.253. The van der Waals surface area contributed by atoms with Crippen LogP contribution in [0.5, 0.6) is 5.75 Å². The second-order valence-corrected chi connectivity index (χ2v) is 5.07. The van der Waals surface area contributed by atoms with Crippen LogP contribution in [0.1, 0.15) is 5.56 Å². The molecule has 9 nitrogen and oxygen atoms in total. The highest BCUT2D eigenvalue weighted by Crippen LogP contribution is 2.16. The maximum Gasteiger partial charge on any atom is 0.220 e. The number of aromatic amines is 1. The minimum absolute atomic E-state index is 0.253. The van der Waals surface area contributed by atoms with Crippen LogP contribution >= 0.6 is 0 Å². The Labute approximate surface area is 151 Å². The van der Waals surface area contributed by atoms with Crippen molar-refractivity contribution in [2.45, 2.75) is 6.54 Å². The van der Waals surface area contributed by atoms with Gasteiger partial charge >= 0.3 is 0 Å². The molecule has 1 aromatic carbocycles. The molecule has 3 aromatic rings. The number of nitrogens with two attached hydrogens (primary N) is 1. The first-order chi connectivity index (χ1) is 12.7. The molecule has 0 aliphatic heterocycles. The van der Waals surface area contributed by atoms with Gasteiger partial charge in [0.15, 0.2) is 0 Å². The Morgan fingerprint density at radius 3 is 2.81 bits per heavy atom. The van der Waals surface area contributed by atoms with Gasteiger partial charge in [0.1, 0.15) is 11.6 Å². The van der Waals surface area contributed by atoms with Crippen molar-refractivity contribution in [3.8, 4) is 17.1 Å². The van der Waals surface area contributed by atoms with Crippen LogP contribution in [0.25, 0.3) is 11.4 Å². The normalized spacial score (nSPS) is 9.62. The maximum atomic E-state index is 9.99. The molecule has 0 bridgehead atoms. The van der Waals surface area contributed by atoms with E-state index in [1.165, 1.54) is 0 Å². The number of benzene rings is 1. The third kappa shape index (κ3) is 5.48. The molecule has 9 heteroatoms. The van der Waals surface area contributed by atoms with Gasteiger partial charge in [-0.05, 0) is 23.8 Å². The van der Waals surface area contributed by atoms with Crippen molar-refractivity contribution in [3.05, 3.63) is 48.2 Å². The number of amides is 1. The molecular formula is C17H21N7O2. The van der Waals surface area contributed by atoms with E-state index in [0.29, 0.717) is 13.0 Å². The molecule has 0 unspecified atom stereocenters. The quantitative estimate of drug-likeness (QED) is 0.492. The molecule has 3 rings (SSSR count). The van der Waals surface area contributed by atoms with Crippen molar-refractivity contribution in [2.24, 2.45) is 0 Å². The van der Waals surface area contributed by atoms with E-state index in [1.54, 1.807) is 26.4 Å². The van der Waals surface area contributed by atoms with Crippen LogP contribution in [0.4, 0.5) is 11.8 Å². The molecule has 2 heterocycles. The Hall–Kier alpha value is -3.62. The molecule has 0 atom stereocenters. The number of hydrogen-bond donors (Lipinski definition) is 4. The van der Waals surface area contributed by atoms with E-state index >= 15 is 0 Å². The van der Waals surface area contributed by atoms with Crippen LogP contribution in [0, 0.1) is 0 Å². The molecule has 2 aromatic heterocycles. The fourth-order valence-electron chi connectivity index (χ4n) is 2.05. The summed E-state index contributed by atoms with van der Waals surface area (Å²) < 4.78 is 5.02. The Balaban J connectivity index is 0.000000190. The van der Waals surface area contributed by atoms with Gasteiger partial charge in [-0.25, -0.2) is 9.97 Å². The van der Waals surface area contributed by atoms with Crippen molar-refractivity contribution in [1.29, 1.82) is 0 Å². The summed E-state index contributed by atoms with van der Waals surface area (Å²) >= 11 is 0. The molecule has 0 aliphatic carbocycles. The number of aromatic nitrogens is 4. The van der Waals surface area contributed by atoms with Crippen LogP contribution < -0.4 is 21.1 Å². The predicted octanol–water partition coefficient (Wildman–Crippen LogP) is 1.43. The number of H-pyrrole nitrogens is 1. The summed E-state index contributed by atoms with van der Waals surface area (Å²) in [5.74, 6) is 1.82. The predicted molar refractivity (Wildman–Crippen MR) is 99.5 cm³/mol. The number of methoxy groups -OCH3 is 1. The zero-order valence-electron chi connectivity index (χ0n) is 14.6. The van der Waals surface area contributed by atoms with Gasteiger partial charge in [-0.1, -0.05) is 12.1 Å². The lowest BCUT2D eigenvalue weighted by Gasteiger charge is -2.02. The van der Waals surface area contributed by atoms with Crippen LogP contribution in [0.2, 0.25) is 0 Å². The minimum Gasteiger partial charge on any atom is -0.497 e. The van der Waals surface area contributed by atoms with Crippen molar-refractivity contribution >= 4 is 18.2 Å². The highest BCUT2D eigenvalue weighted by atomic mass is 16.5. The van der Waals surface area contributed by atoms with E-state index in [9.17, 15) is 4.79 Å². The number of nitrogen functional groups attached to an aromatic ring is 1. The number of carbonyl (C=O) groups excluding carboxylic acids is 1. The summed E-state index contributed by atoms with van der Waals surface area (Å²) in [6.45, 7) is 0.542. The number of anilines is 2. The van der Waals surface area contributed by atoms with Crippen molar-refractivity contribution in [1.82, 2.24) is 25.5 Å². The van der Waals surface area contributed by atoms with Gasteiger partial charge in [0.25, 0.3) is 0 Å². The van der Waals surface area contributed by atoms with Gasteiger partial charge in [0, 0.05) is 25.9 Å². The zero-order chi connectivity index (χ0) is 18.8. The summed E-state index contributed by atoms with van der Waals surface area (Å²) in [6.07, 6.45) is 2.29. The standard InChI is InChI=1S/C9H11NO2.C8H10N6/c1-12-9-4-2-3-8(5-9)6-10-7-11;1-10-7-4-6(13-14-7)5-2-3-11-8(9)12-5/h2-5,7H,6H2,1H3,(H,10,11);2-4H,1H3,(H2,9,11,12)(H2,10,13,14). The Bertz CT molecular complexity index is 835. The van der Waals surface area contributed by atoms with Gasteiger partial charge in [-0.2, -0.15) is 5.10 Å². The number of nitrogens with one attached hydrogen (secondary N) is 3. The monoisotopic (exact) mass is 355 g/mol. The van der Waals surface area contributed by atoms with E-state index < -0.39 is 0 Å². The molecule has 26 heavy (non-hydrogen) atoms. The molecule has 0 aliphatic rings. The van der Waals surface area contributed by atoms with E-state index in [2.05, 4.69) is 30.8 Å². The first kappa shape index (κ1) is 18.7. The molecule has 0 spiro atoms. The molecule has 5 N–H and O–H groups in total. The lowest BCUT2D eigenvalue weighted by molar-refractivity contribution is -0.109. The highest BCUT2D eigenvalue weighted by Gasteiger charge is 2.03. The summed E-state index contributed by atoms with van der Waals surface area (Å²) in [5.41, 5.74) is 8.03. The second kappa shape index (κ2) is 9.62. The summed E-state index contributed by atoms with van der Waals surface area (Å²) in [4.78, 5) is 17.9. The SMILES string of the molecule is CNc1cc(-c2ccnc(N)n2)[nH]n1.COc1cccc(CNC=O)c1. The Morgan fingerprint density at radius 2 is 2.15 bits per heavy atom. The van der Waals surface area contributed by atoms with E-state index in [4.69, 9.17) is 10.5 Å². The van der Waals surface area contributed by atoms with Crippen LogP contribution in [0.15, 0.2) is 42.6 Å². The Morgan fingerprint density at radius 1 is 1.31 bits per heavy atom. The molecule has 0 fully saturated rings. The van der Waals surface area contributed by atoms with Gasteiger partial charge in [-0.3, -0.25) is 9.89 Å². The number of rotatable bonds is 6. The average molecular weight is 355 g/mol. The fraction of sp³-hybridized carbons (Fsp3) is 0.176. The highest BCUT2D eigenvalue weighted by molar-refractivity contribution is 5.59. The number of nitrogens with zero attached hydrogens (tertiary/aromatic N) is 3. The van der Waals surface area contributed by atoms with E-state index in [-0.39, 0.29) is 5.95 Å². The maximum absolute atomic E-state index is 9.99. The summed E-state index contributed by atoms with van der Waals surface area (Å²) in [6, 6.07) is 11.2. The number of hydrogen-bond acceptors (Lipinski definition) is 7. The fourth-order valence-corrected chi connectivity index (χ4v) is 2.05. The molecule has 0 saturated heterocycles. The number of ether oxygens (including phenoxy) is 1. The van der Waals surface area contributed by atoms with E-state index in [1.807, 2.05) is 30.3 Å². The van der Waals surface area contributed by atoms with Crippen molar-refractivity contribution in [2.75, 3.05) is 25.2 Å². The molecular weight excluding hydrogens is 334 g/mol. The van der Waals surface area contributed by atoms with Crippen LogP contribution in [0.3, 0.4) is 0 Å². The van der Waals surface area contributed by atoms with E-state index in [0.717, 1.165) is 28.5 Å². The third-order valence-corrected chi connectivity index (χ3v) is 3.31. The smallest absolute Gasteiger partial charge is 0.220 e. The largest absolute Gasteiger partial charge is 0.497 e. The second-order valence-electron chi connectivity index (χ2n) is 5.07. The molecule has 0 radical (unpaired) electrons.